The van der Waals surface area contributed by atoms with Crippen LogP contribution in [0.25, 0.3) is 0 Å². The number of nitrogens with zero attached hydrogens (tertiary/aromatic N) is 1. The summed E-state index contributed by atoms with van der Waals surface area (Å²) >= 11 is 0. The molecule has 3 aromatic carbocycles. The third-order valence-corrected chi connectivity index (χ3v) is 5.31. The average molecular weight is 454 g/mol. The molecule has 0 aliphatic carbocycles. The van der Waals surface area contributed by atoms with Gasteiger partial charge in [-0.3, -0.25) is 0 Å². The molecule has 1 aliphatic rings. The topological polar surface area (TPSA) is 104 Å². The monoisotopic (exact) mass is 454 g/mol. The number of fused-ring (bicyclic) bond motifs is 1. The Kier molecular flexibility index (Phi) is 6.51. The summed E-state index contributed by atoms with van der Waals surface area (Å²) in [7, 11) is 1.49. The zero-order valence-corrected chi connectivity index (χ0v) is 18.5. The zero-order chi connectivity index (χ0) is 24.1. The quantitative estimate of drug-likeness (QED) is 0.314. The number of hydrogen-bond donors (Lipinski definition) is 1. The van der Waals surface area contributed by atoms with Crippen LogP contribution in [-0.2, 0) is 0 Å². The van der Waals surface area contributed by atoms with Gasteiger partial charge < -0.3 is 24.7 Å². The van der Waals surface area contributed by atoms with E-state index in [1.807, 2.05) is 24.3 Å². The fraction of sp³-hybridized carbons (Fsp3) is 0.111. The van der Waals surface area contributed by atoms with Crippen LogP contribution < -0.4 is 24.7 Å². The largest absolute Gasteiger partial charge is 0.496 e. The van der Waals surface area contributed by atoms with E-state index in [1.54, 1.807) is 48.5 Å². The first-order valence-electron chi connectivity index (χ1n) is 10.5. The van der Waals surface area contributed by atoms with Crippen molar-refractivity contribution >= 4 is 5.97 Å². The summed E-state index contributed by atoms with van der Waals surface area (Å²) in [5, 5.41) is 9.75. The van der Waals surface area contributed by atoms with Crippen LogP contribution >= 0.6 is 0 Å². The van der Waals surface area contributed by atoms with Gasteiger partial charge in [0, 0.05) is 11.6 Å². The van der Waals surface area contributed by atoms with Crippen LogP contribution in [0.2, 0.25) is 0 Å². The molecule has 2 N–H and O–H groups in total. The van der Waals surface area contributed by atoms with Crippen molar-refractivity contribution in [3.05, 3.63) is 108 Å². The molecule has 1 aliphatic heterocycles. The van der Waals surface area contributed by atoms with Crippen LogP contribution in [0.4, 0.5) is 0 Å². The second-order valence-electron chi connectivity index (χ2n) is 7.38. The highest BCUT2D eigenvalue weighted by atomic mass is 16.5. The molecule has 0 saturated carbocycles. The molecule has 1 heterocycles. The summed E-state index contributed by atoms with van der Waals surface area (Å²) < 4.78 is 22.0. The fourth-order valence-corrected chi connectivity index (χ4v) is 3.73. The highest BCUT2D eigenvalue weighted by Gasteiger charge is 2.31. The molecule has 34 heavy (non-hydrogen) atoms. The second kappa shape index (κ2) is 9.84. The molecule has 0 spiro atoms. The number of carbonyl (C=O) groups excluding carboxylic acids is 1. The lowest BCUT2D eigenvalue weighted by atomic mass is 9.83. The molecular weight excluding hydrogens is 432 g/mol. The molecule has 0 aromatic heterocycles. The Bertz CT molecular complexity index is 1310. The smallest absolute Gasteiger partial charge is 0.347 e. The minimum Gasteiger partial charge on any atom is -0.496 e. The van der Waals surface area contributed by atoms with Gasteiger partial charge in [-0.05, 0) is 35.9 Å². The standard InChI is InChI=1S/C27H22N2O5/c1-3-14-32-18-10-8-17(9-11-18)25-20-13-12-19(15-24(20)34-26(29)22(25)16-28)33-27(30)21-6-4-5-7-23(21)31-2/h3-13,15,25H,1,14,29H2,2H3. The third-order valence-electron chi connectivity index (χ3n) is 5.31. The van der Waals surface area contributed by atoms with Crippen molar-refractivity contribution < 1.29 is 23.7 Å². The van der Waals surface area contributed by atoms with Gasteiger partial charge in [0.1, 0.15) is 46.8 Å². The number of nitrogens with two attached hydrogens (primary N) is 1. The van der Waals surface area contributed by atoms with Gasteiger partial charge in [-0.1, -0.05) is 43.0 Å². The van der Waals surface area contributed by atoms with E-state index in [9.17, 15) is 10.1 Å². The summed E-state index contributed by atoms with van der Waals surface area (Å²) in [6, 6.07) is 21.3. The van der Waals surface area contributed by atoms with Crippen molar-refractivity contribution in [1.29, 1.82) is 5.26 Å². The zero-order valence-electron chi connectivity index (χ0n) is 18.5. The number of allylic oxidation sites excluding steroid dienone is 1. The van der Waals surface area contributed by atoms with Crippen LogP contribution in [0.1, 0.15) is 27.4 Å². The van der Waals surface area contributed by atoms with Gasteiger partial charge in [0.15, 0.2) is 0 Å². The number of para-hydroxylation sites is 1. The van der Waals surface area contributed by atoms with E-state index >= 15 is 0 Å². The van der Waals surface area contributed by atoms with Crippen molar-refractivity contribution in [2.75, 3.05) is 13.7 Å². The summed E-state index contributed by atoms with van der Waals surface area (Å²) in [5.74, 6) is 0.759. The lowest BCUT2D eigenvalue weighted by Gasteiger charge is -2.26. The van der Waals surface area contributed by atoms with Gasteiger partial charge in [-0.25, -0.2) is 4.79 Å². The summed E-state index contributed by atoms with van der Waals surface area (Å²) in [5.41, 5.74) is 8.24. The highest BCUT2D eigenvalue weighted by molar-refractivity contribution is 5.94. The summed E-state index contributed by atoms with van der Waals surface area (Å²) in [6.07, 6.45) is 1.66. The first-order valence-corrected chi connectivity index (χ1v) is 10.5. The molecule has 7 nitrogen and oxygen atoms in total. The number of carbonyl (C=O) groups is 1. The van der Waals surface area contributed by atoms with Crippen molar-refractivity contribution in [2.24, 2.45) is 5.73 Å². The van der Waals surface area contributed by atoms with Gasteiger partial charge in [-0.15, -0.1) is 0 Å². The number of hydrogen-bond acceptors (Lipinski definition) is 7. The number of rotatable bonds is 7. The number of esters is 1. The van der Waals surface area contributed by atoms with E-state index in [0.29, 0.717) is 35.0 Å². The van der Waals surface area contributed by atoms with Crippen LogP contribution in [0.15, 0.2) is 90.8 Å². The molecule has 0 bridgehead atoms. The van der Waals surface area contributed by atoms with Crippen LogP contribution in [-0.4, -0.2) is 19.7 Å². The molecule has 4 rings (SSSR count). The third kappa shape index (κ3) is 4.43. The number of methoxy groups -OCH3 is 1. The maximum absolute atomic E-state index is 12.7. The van der Waals surface area contributed by atoms with Gasteiger partial charge >= 0.3 is 5.97 Å². The Morgan fingerprint density at radius 1 is 1.15 bits per heavy atom. The molecule has 0 amide bonds. The predicted octanol–water partition coefficient (Wildman–Crippen LogP) is 4.70. The lowest BCUT2D eigenvalue weighted by Crippen LogP contribution is -2.21. The van der Waals surface area contributed by atoms with E-state index in [-0.39, 0.29) is 11.6 Å². The average Bonchev–Trinajstić information content (AvgIpc) is 2.86. The Morgan fingerprint density at radius 2 is 1.88 bits per heavy atom. The fourth-order valence-electron chi connectivity index (χ4n) is 3.73. The SMILES string of the molecule is C=CCOc1ccc(C2C(C#N)=C(N)Oc3cc(OC(=O)c4ccccc4OC)ccc32)cc1. The minimum atomic E-state index is -0.568. The Labute approximate surface area is 197 Å². The predicted molar refractivity (Wildman–Crippen MR) is 126 cm³/mol. The van der Waals surface area contributed by atoms with Gasteiger partial charge in [-0.2, -0.15) is 5.26 Å². The molecule has 1 unspecified atom stereocenters. The number of benzene rings is 3. The molecule has 0 fully saturated rings. The summed E-state index contributed by atoms with van der Waals surface area (Å²) in [4.78, 5) is 12.7. The van der Waals surface area contributed by atoms with E-state index in [2.05, 4.69) is 12.6 Å². The molecular formula is C27H22N2O5. The van der Waals surface area contributed by atoms with E-state index in [0.717, 1.165) is 11.1 Å². The Morgan fingerprint density at radius 3 is 2.59 bits per heavy atom. The normalized spacial score (nSPS) is 14.3. The van der Waals surface area contributed by atoms with Gasteiger partial charge in [0.25, 0.3) is 0 Å². The Hall–Kier alpha value is -4.70. The van der Waals surface area contributed by atoms with Gasteiger partial charge in [0.05, 0.1) is 13.0 Å². The maximum Gasteiger partial charge on any atom is 0.347 e. The van der Waals surface area contributed by atoms with E-state index in [1.165, 1.54) is 7.11 Å². The minimum absolute atomic E-state index is 0.000175. The molecule has 0 saturated heterocycles. The highest BCUT2D eigenvalue weighted by Crippen LogP contribution is 2.43. The first kappa shape index (κ1) is 22.5. The maximum atomic E-state index is 12.7. The summed E-state index contributed by atoms with van der Waals surface area (Å²) in [6.45, 7) is 4.03. The first-order chi connectivity index (χ1) is 16.5. The van der Waals surface area contributed by atoms with E-state index < -0.39 is 11.9 Å². The number of ether oxygens (including phenoxy) is 4. The van der Waals surface area contributed by atoms with E-state index in [4.69, 9.17) is 24.7 Å². The van der Waals surface area contributed by atoms with Crippen molar-refractivity contribution in [3.63, 3.8) is 0 Å². The second-order valence-corrected chi connectivity index (χ2v) is 7.38. The van der Waals surface area contributed by atoms with Crippen LogP contribution in [0.3, 0.4) is 0 Å². The van der Waals surface area contributed by atoms with Crippen molar-refractivity contribution in [3.8, 4) is 29.1 Å². The molecule has 170 valence electrons. The molecule has 7 heteroatoms. The van der Waals surface area contributed by atoms with Gasteiger partial charge in [0.2, 0.25) is 5.88 Å². The molecule has 0 radical (unpaired) electrons. The molecule has 1 atom stereocenters. The molecule has 3 aromatic rings. The number of nitriles is 1. The van der Waals surface area contributed by atoms with Crippen molar-refractivity contribution in [2.45, 2.75) is 5.92 Å². The van der Waals surface area contributed by atoms with Crippen LogP contribution in [0, 0.1) is 11.3 Å². The lowest BCUT2D eigenvalue weighted by molar-refractivity contribution is 0.0731. The van der Waals surface area contributed by atoms with Crippen LogP contribution in [0.5, 0.6) is 23.0 Å². The Balaban J connectivity index is 1.65. The van der Waals surface area contributed by atoms with Crippen molar-refractivity contribution in [1.82, 2.24) is 0 Å².